The smallest absolute Gasteiger partial charge is 0.324 e. The first-order valence-electron chi connectivity index (χ1n) is 6.58. The maximum Gasteiger partial charge on any atom is 0.324 e. The number of sulfone groups is 1. The molecule has 112 valence electrons. The van der Waals surface area contributed by atoms with Gasteiger partial charge in [0.05, 0.1) is 11.5 Å². The average molecular weight is 292 g/mol. The van der Waals surface area contributed by atoms with Crippen LogP contribution in [0.4, 0.5) is 0 Å². The molecule has 0 aromatic rings. The number of carboxylic acids is 1. The minimum absolute atomic E-state index is 0.0526. The first-order valence-corrected chi connectivity index (χ1v) is 8.41. The monoisotopic (exact) mass is 292 g/mol. The second kappa shape index (κ2) is 6.19. The van der Waals surface area contributed by atoms with Crippen LogP contribution in [0.1, 0.15) is 27.2 Å². The number of nitrogens with one attached hydrogen (secondary N) is 1. The molecule has 1 aliphatic heterocycles. The molecule has 0 saturated carbocycles. The van der Waals surface area contributed by atoms with E-state index in [4.69, 9.17) is 0 Å². The van der Waals surface area contributed by atoms with Gasteiger partial charge in [-0.15, -0.1) is 0 Å². The lowest BCUT2D eigenvalue weighted by Gasteiger charge is -2.33. The van der Waals surface area contributed by atoms with Crippen LogP contribution >= 0.6 is 0 Å². The molecule has 6 nitrogen and oxygen atoms in total. The molecule has 7 heteroatoms. The van der Waals surface area contributed by atoms with Crippen molar-refractivity contribution in [1.29, 1.82) is 0 Å². The van der Waals surface area contributed by atoms with Crippen LogP contribution < -0.4 is 5.32 Å². The van der Waals surface area contributed by atoms with Crippen molar-refractivity contribution in [2.75, 3.05) is 31.1 Å². The van der Waals surface area contributed by atoms with Gasteiger partial charge in [0.2, 0.25) is 0 Å². The van der Waals surface area contributed by atoms with Gasteiger partial charge >= 0.3 is 5.97 Å². The summed E-state index contributed by atoms with van der Waals surface area (Å²) in [6, 6.07) is 0.0526. The summed E-state index contributed by atoms with van der Waals surface area (Å²) in [7, 11) is -2.96. The van der Waals surface area contributed by atoms with Crippen molar-refractivity contribution in [2.24, 2.45) is 0 Å². The zero-order valence-corrected chi connectivity index (χ0v) is 12.7. The lowest BCUT2D eigenvalue weighted by atomic mass is 10.0. The predicted molar refractivity (Wildman–Crippen MR) is 74.0 cm³/mol. The number of nitrogens with zero attached hydrogens (tertiary/aromatic N) is 1. The SMILES string of the molecule is CC(C)NC(C)(CN1CCCS(=O)(=O)CC1)C(=O)O. The molecule has 0 amide bonds. The van der Waals surface area contributed by atoms with Crippen molar-refractivity contribution in [1.82, 2.24) is 10.2 Å². The largest absolute Gasteiger partial charge is 0.480 e. The third kappa shape index (κ3) is 5.08. The minimum atomic E-state index is -2.96. The second-order valence-electron chi connectivity index (χ2n) is 5.72. The Morgan fingerprint density at radius 2 is 2.00 bits per heavy atom. The summed E-state index contributed by atoms with van der Waals surface area (Å²) in [4.78, 5) is 13.4. The third-order valence-corrected chi connectivity index (χ3v) is 4.98. The number of carbonyl (C=O) groups is 1. The Labute approximate surface area is 115 Å². The van der Waals surface area contributed by atoms with E-state index in [1.807, 2.05) is 18.7 Å². The van der Waals surface area contributed by atoms with E-state index >= 15 is 0 Å². The Morgan fingerprint density at radius 3 is 2.53 bits per heavy atom. The molecule has 1 fully saturated rings. The Morgan fingerprint density at radius 1 is 1.37 bits per heavy atom. The molecular weight excluding hydrogens is 268 g/mol. The Kier molecular flexibility index (Phi) is 5.34. The molecular formula is C12H24N2O4S. The van der Waals surface area contributed by atoms with Crippen molar-refractivity contribution in [3.63, 3.8) is 0 Å². The van der Waals surface area contributed by atoms with E-state index in [0.29, 0.717) is 26.1 Å². The molecule has 1 aliphatic rings. The van der Waals surface area contributed by atoms with Crippen LogP contribution in [0, 0.1) is 0 Å². The Balaban J connectivity index is 2.72. The molecule has 1 atom stereocenters. The summed E-state index contributed by atoms with van der Waals surface area (Å²) in [6.45, 7) is 6.79. The van der Waals surface area contributed by atoms with Crippen molar-refractivity contribution in [2.45, 2.75) is 38.8 Å². The average Bonchev–Trinajstić information content (AvgIpc) is 2.39. The quantitative estimate of drug-likeness (QED) is 0.739. The molecule has 1 rings (SSSR count). The maximum absolute atomic E-state index is 11.5. The fourth-order valence-corrected chi connectivity index (χ4v) is 3.72. The highest BCUT2D eigenvalue weighted by atomic mass is 32.2. The summed E-state index contributed by atoms with van der Waals surface area (Å²) < 4.78 is 23.1. The molecule has 0 aromatic heterocycles. The molecule has 1 saturated heterocycles. The third-order valence-electron chi connectivity index (χ3n) is 3.27. The minimum Gasteiger partial charge on any atom is -0.480 e. The zero-order valence-electron chi connectivity index (χ0n) is 11.8. The number of rotatable bonds is 5. The van der Waals surface area contributed by atoms with Crippen molar-refractivity contribution >= 4 is 15.8 Å². The van der Waals surface area contributed by atoms with Gasteiger partial charge in [-0.25, -0.2) is 8.42 Å². The number of aliphatic carboxylic acids is 1. The van der Waals surface area contributed by atoms with E-state index in [0.717, 1.165) is 0 Å². The summed E-state index contributed by atoms with van der Waals surface area (Å²) in [6.07, 6.45) is 0.569. The zero-order chi connectivity index (χ0) is 14.7. The summed E-state index contributed by atoms with van der Waals surface area (Å²) in [5, 5.41) is 12.4. The second-order valence-corrected chi connectivity index (χ2v) is 8.02. The highest BCUT2D eigenvalue weighted by molar-refractivity contribution is 7.91. The van der Waals surface area contributed by atoms with Gasteiger partial charge in [-0.2, -0.15) is 0 Å². The van der Waals surface area contributed by atoms with Crippen LogP contribution in [0.15, 0.2) is 0 Å². The lowest BCUT2D eigenvalue weighted by Crippen LogP contribution is -2.59. The molecule has 1 heterocycles. The number of hydrogen-bond acceptors (Lipinski definition) is 5. The van der Waals surface area contributed by atoms with Gasteiger partial charge in [0, 0.05) is 19.1 Å². The molecule has 0 aliphatic carbocycles. The Hall–Kier alpha value is -0.660. The van der Waals surface area contributed by atoms with Gasteiger partial charge in [0.25, 0.3) is 0 Å². The molecule has 0 bridgehead atoms. The highest BCUT2D eigenvalue weighted by Crippen LogP contribution is 2.12. The first kappa shape index (κ1) is 16.4. The summed E-state index contributed by atoms with van der Waals surface area (Å²) in [5.41, 5.74) is -1.05. The van der Waals surface area contributed by atoms with Crippen LogP contribution in [0.2, 0.25) is 0 Å². The fourth-order valence-electron chi connectivity index (χ4n) is 2.41. The molecule has 1 unspecified atom stereocenters. The lowest BCUT2D eigenvalue weighted by molar-refractivity contribution is -0.145. The number of carboxylic acid groups (broad SMARTS) is 1. The Bertz CT molecular complexity index is 421. The van der Waals surface area contributed by atoms with Crippen molar-refractivity contribution < 1.29 is 18.3 Å². The van der Waals surface area contributed by atoms with Gasteiger partial charge in [0.15, 0.2) is 9.84 Å². The van der Waals surface area contributed by atoms with Gasteiger partial charge < -0.3 is 5.11 Å². The van der Waals surface area contributed by atoms with E-state index in [2.05, 4.69) is 5.32 Å². The molecule has 0 aromatic carbocycles. The predicted octanol–water partition coefficient (Wildman–Crippen LogP) is -0.0518. The van der Waals surface area contributed by atoms with Crippen LogP contribution in [-0.4, -0.2) is 67.1 Å². The summed E-state index contributed by atoms with van der Waals surface area (Å²) in [5.74, 6) is -0.594. The van der Waals surface area contributed by atoms with Gasteiger partial charge in [-0.05, 0) is 33.7 Å². The van der Waals surface area contributed by atoms with Crippen LogP contribution in [0.3, 0.4) is 0 Å². The standard InChI is InChI=1S/C12H24N2O4S/c1-10(2)13-12(3,11(15)16)9-14-5-4-7-19(17,18)8-6-14/h10,13H,4-9H2,1-3H3,(H,15,16). The van der Waals surface area contributed by atoms with Gasteiger partial charge in [0.1, 0.15) is 5.54 Å². The van der Waals surface area contributed by atoms with Gasteiger partial charge in [-0.1, -0.05) is 0 Å². The van der Waals surface area contributed by atoms with E-state index < -0.39 is 21.3 Å². The van der Waals surface area contributed by atoms with Gasteiger partial charge in [-0.3, -0.25) is 15.0 Å². The molecule has 2 N–H and O–H groups in total. The van der Waals surface area contributed by atoms with Crippen LogP contribution in [0.5, 0.6) is 0 Å². The van der Waals surface area contributed by atoms with E-state index in [1.54, 1.807) is 6.92 Å². The van der Waals surface area contributed by atoms with Crippen LogP contribution in [0.25, 0.3) is 0 Å². The van der Waals surface area contributed by atoms with Crippen molar-refractivity contribution in [3.05, 3.63) is 0 Å². The first-order chi connectivity index (χ1) is 8.65. The van der Waals surface area contributed by atoms with Crippen LogP contribution in [-0.2, 0) is 14.6 Å². The van der Waals surface area contributed by atoms with E-state index in [-0.39, 0.29) is 17.5 Å². The van der Waals surface area contributed by atoms with Crippen molar-refractivity contribution in [3.8, 4) is 0 Å². The molecule has 0 spiro atoms. The normalized spacial score (nSPS) is 23.8. The summed E-state index contributed by atoms with van der Waals surface area (Å²) >= 11 is 0. The number of hydrogen-bond donors (Lipinski definition) is 2. The fraction of sp³-hybridized carbons (Fsp3) is 0.917. The molecule has 19 heavy (non-hydrogen) atoms. The highest BCUT2D eigenvalue weighted by Gasteiger charge is 2.36. The maximum atomic E-state index is 11.5. The topological polar surface area (TPSA) is 86.7 Å². The van der Waals surface area contributed by atoms with E-state index in [9.17, 15) is 18.3 Å². The molecule has 0 radical (unpaired) electrons. The van der Waals surface area contributed by atoms with E-state index in [1.165, 1.54) is 0 Å².